The van der Waals surface area contributed by atoms with Gasteiger partial charge in [0, 0.05) is 35.7 Å². The second-order valence-corrected chi connectivity index (χ2v) is 6.71. The van der Waals surface area contributed by atoms with Crippen molar-refractivity contribution in [2.24, 2.45) is 5.92 Å². The Morgan fingerprint density at radius 3 is 2.87 bits per heavy atom. The molecule has 0 aromatic carbocycles. The molecule has 6 nitrogen and oxygen atoms in total. The third-order valence-electron chi connectivity index (χ3n) is 3.76. The average Bonchev–Trinajstić information content (AvgIpc) is 3.30. The van der Waals surface area contributed by atoms with Crippen molar-refractivity contribution in [1.82, 2.24) is 20.0 Å². The normalized spacial score (nSPS) is 14.0. The Labute approximate surface area is 142 Å². The number of carbonyl (C=O) groups excluding carboxylic acids is 2. The van der Waals surface area contributed by atoms with Gasteiger partial charge < -0.3 is 15.0 Å². The van der Waals surface area contributed by atoms with Crippen LogP contribution in [0.25, 0.3) is 5.65 Å². The number of nitrogens with one attached hydrogen (secondary N) is 2. The van der Waals surface area contributed by atoms with E-state index in [9.17, 15) is 9.59 Å². The third-order valence-corrected chi connectivity index (χ3v) is 4.23. The molecule has 2 heterocycles. The summed E-state index contributed by atoms with van der Waals surface area (Å²) in [6.45, 7) is 0.970. The zero-order valence-corrected chi connectivity index (χ0v) is 14.3. The molecule has 3 rings (SSSR count). The van der Waals surface area contributed by atoms with Crippen LogP contribution in [0.4, 0.5) is 0 Å². The van der Waals surface area contributed by atoms with Crippen LogP contribution in [-0.4, -0.2) is 27.7 Å². The number of amides is 2. The van der Waals surface area contributed by atoms with Crippen molar-refractivity contribution >= 4 is 33.4 Å². The average molecular weight is 379 g/mol. The number of halogens is 1. The second kappa shape index (κ2) is 7.12. The third kappa shape index (κ3) is 4.54. The van der Waals surface area contributed by atoms with Crippen LogP contribution in [0, 0.1) is 5.92 Å². The topological polar surface area (TPSA) is 75.5 Å². The van der Waals surface area contributed by atoms with E-state index in [0.717, 1.165) is 28.7 Å². The molecule has 2 aromatic heterocycles. The first-order chi connectivity index (χ1) is 11.1. The van der Waals surface area contributed by atoms with Crippen LogP contribution < -0.4 is 10.6 Å². The van der Waals surface area contributed by atoms with Crippen LogP contribution in [0.2, 0.25) is 0 Å². The van der Waals surface area contributed by atoms with E-state index in [-0.39, 0.29) is 17.7 Å². The van der Waals surface area contributed by atoms with Crippen molar-refractivity contribution in [3.8, 4) is 0 Å². The minimum absolute atomic E-state index is 0.0242. The zero-order valence-electron chi connectivity index (χ0n) is 12.7. The predicted octanol–water partition coefficient (Wildman–Crippen LogP) is 2.02. The summed E-state index contributed by atoms with van der Waals surface area (Å²) >= 11 is 3.41. The molecule has 2 amide bonds. The van der Waals surface area contributed by atoms with Crippen LogP contribution in [0.1, 0.15) is 31.4 Å². The summed E-state index contributed by atoms with van der Waals surface area (Å²) in [4.78, 5) is 27.7. The lowest BCUT2D eigenvalue weighted by atomic mass is 10.3. The number of hydrogen-bond donors (Lipinski definition) is 2. The van der Waals surface area contributed by atoms with Gasteiger partial charge in [0.2, 0.25) is 11.8 Å². The summed E-state index contributed by atoms with van der Waals surface area (Å²) in [6.07, 6.45) is 6.89. The quantitative estimate of drug-likeness (QED) is 0.723. The Morgan fingerprint density at radius 2 is 2.09 bits per heavy atom. The first kappa shape index (κ1) is 16.0. The van der Waals surface area contributed by atoms with Gasteiger partial charge in [-0.15, -0.1) is 0 Å². The summed E-state index contributed by atoms with van der Waals surface area (Å²) in [6, 6.07) is 3.85. The number of imidazole rings is 1. The molecule has 0 atom stereocenters. The van der Waals surface area contributed by atoms with Gasteiger partial charge in [-0.3, -0.25) is 9.59 Å². The molecular formula is C16H19BrN4O2. The Bertz CT molecular complexity index is 724. The molecule has 0 bridgehead atoms. The van der Waals surface area contributed by atoms with E-state index in [1.54, 1.807) is 0 Å². The second-order valence-electron chi connectivity index (χ2n) is 5.79. The molecule has 0 aliphatic heterocycles. The highest BCUT2D eigenvalue weighted by Crippen LogP contribution is 2.28. The van der Waals surface area contributed by atoms with Crippen molar-refractivity contribution < 1.29 is 9.59 Å². The maximum Gasteiger partial charge on any atom is 0.223 e. The van der Waals surface area contributed by atoms with Crippen LogP contribution in [0.5, 0.6) is 0 Å². The standard InChI is InChI=1S/C16H19BrN4O2/c17-12-5-6-14-20-13(10-21(14)9-12)8-19-15(22)2-1-7-18-16(23)11-3-4-11/h5-6,9-11H,1-4,7-8H2,(H,18,23)(H,19,22). The monoisotopic (exact) mass is 378 g/mol. The van der Waals surface area contributed by atoms with Gasteiger partial charge >= 0.3 is 0 Å². The van der Waals surface area contributed by atoms with Gasteiger partial charge in [-0.25, -0.2) is 4.98 Å². The first-order valence-corrected chi connectivity index (χ1v) is 8.58. The van der Waals surface area contributed by atoms with Gasteiger partial charge in [0.05, 0.1) is 12.2 Å². The van der Waals surface area contributed by atoms with Gasteiger partial charge in [-0.1, -0.05) is 0 Å². The summed E-state index contributed by atoms with van der Waals surface area (Å²) < 4.78 is 2.89. The van der Waals surface area contributed by atoms with Gasteiger partial charge in [0.15, 0.2) is 0 Å². The highest BCUT2D eigenvalue weighted by atomic mass is 79.9. The maximum atomic E-state index is 11.8. The SMILES string of the molecule is O=C(CCCNC(=O)C1CC1)NCc1cn2cc(Br)ccc2n1. The van der Waals surface area contributed by atoms with Crippen LogP contribution >= 0.6 is 15.9 Å². The molecule has 7 heteroatoms. The molecule has 1 aliphatic carbocycles. The number of carbonyl (C=O) groups is 2. The van der Waals surface area contributed by atoms with Crippen molar-refractivity contribution in [3.05, 3.63) is 34.7 Å². The van der Waals surface area contributed by atoms with Crippen LogP contribution in [0.3, 0.4) is 0 Å². The smallest absolute Gasteiger partial charge is 0.223 e. The molecule has 0 unspecified atom stereocenters. The number of hydrogen-bond acceptors (Lipinski definition) is 3. The fourth-order valence-electron chi connectivity index (χ4n) is 2.33. The molecule has 122 valence electrons. The maximum absolute atomic E-state index is 11.8. The summed E-state index contributed by atoms with van der Waals surface area (Å²) in [5.74, 6) is 0.323. The van der Waals surface area contributed by atoms with Gasteiger partial charge in [-0.05, 0) is 47.3 Å². The van der Waals surface area contributed by atoms with Crippen molar-refractivity contribution in [2.45, 2.75) is 32.2 Å². The van der Waals surface area contributed by atoms with Gasteiger partial charge in [0.25, 0.3) is 0 Å². The van der Waals surface area contributed by atoms with E-state index in [1.165, 1.54) is 0 Å². The summed E-state index contributed by atoms with van der Waals surface area (Å²) in [5.41, 5.74) is 1.67. The number of fused-ring (bicyclic) bond motifs is 1. The van der Waals surface area contributed by atoms with E-state index in [4.69, 9.17) is 0 Å². The van der Waals surface area contributed by atoms with E-state index in [1.807, 2.05) is 28.9 Å². The van der Waals surface area contributed by atoms with E-state index >= 15 is 0 Å². The Hall–Kier alpha value is -1.89. The van der Waals surface area contributed by atoms with Gasteiger partial charge in [-0.2, -0.15) is 0 Å². The Kier molecular flexibility index (Phi) is 4.95. The van der Waals surface area contributed by atoms with Crippen LogP contribution in [0.15, 0.2) is 29.0 Å². The number of nitrogens with zero attached hydrogens (tertiary/aromatic N) is 2. The number of pyridine rings is 1. The lowest BCUT2D eigenvalue weighted by molar-refractivity contribution is -0.123. The summed E-state index contributed by atoms with van der Waals surface area (Å²) in [7, 11) is 0. The molecular weight excluding hydrogens is 360 g/mol. The van der Waals surface area contributed by atoms with E-state index < -0.39 is 0 Å². The van der Waals surface area contributed by atoms with Crippen LogP contribution in [-0.2, 0) is 16.1 Å². The van der Waals surface area contributed by atoms with E-state index in [0.29, 0.717) is 25.9 Å². The van der Waals surface area contributed by atoms with Gasteiger partial charge in [0.1, 0.15) is 5.65 Å². The fourth-order valence-corrected chi connectivity index (χ4v) is 2.68. The van der Waals surface area contributed by atoms with Crippen molar-refractivity contribution in [1.29, 1.82) is 0 Å². The molecule has 1 saturated carbocycles. The Balaban J connectivity index is 1.38. The van der Waals surface area contributed by atoms with E-state index in [2.05, 4.69) is 31.5 Å². The minimum Gasteiger partial charge on any atom is -0.356 e. The molecule has 0 radical (unpaired) electrons. The zero-order chi connectivity index (χ0) is 16.2. The fraction of sp³-hybridized carbons (Fsp3) is 0.438. The number of rotatable bonds is 7. The Morgan fingerprint density at radius 1 is 1.26 bits per heavy atom. The number of aromatic nitrogens is 2. The molecule has 2 N–H and O–H groups in total. The molecule has 1 fully saturated rings. The summed E-state index contributed by atoms with van der Waals surface area (Å²) in [5, 5.41) is 5.72. The predicted molar refractivity (Wildman–Crippen MR) is 89.7 cm³/mol. The lowest BCUT2D eigenvalue weighted by Gasteiger charge is -2.05. The highest BCUT2D eigenvalue weighted by Gasteiger charge is 2.28. The lowest BCUT2D eigenvalue weighted by Crippen LogP contribution is -2.28. The molecule has 23 heavy (non-hydrogen) atoms. The highest BCUT2D eigenvalue weighted by molar-refractivity contribution is 9.10. The molecule has 1 aliphatic rings. The molecule has 2 aromatic rings. The molecule has 0 spiro atoms. The molecule has 0 saturated heterocycles. The largest absolute Gasteiger partial charge is 0.356 e. The van der Waals surface area contributed by atoms with Crippen molar-refractivity contribution in [2.75, 3.05) is 6.54 Å². The van der Waals surface area contributed by atoms with Crippen molar-refractivity contribution in [3.63, 3.8) is 0 Å². The first-order valence-electron chi connectivity index (χ1n) is 7.79. The minimum atomic E-state index is -0.0242.